The number of rotatable bonds is 5. The van der Waals surface area contributed by atoms with Crippen molar-refractivity contribution in [1.82, 2.24) is 10.2 Å². The van der Waals surface area contributed by atoms with Gasteiger partial charge in [-0.05, 0) is 42.9 Å². The summed E-state index contributed by atoms with van der Waals surface area (Å²) >= 11 is 5.80. The molecule has 1 aliphatic heterocycles. The van der Waals surface area contributed by atoms with E-state index in [0.29, 0.717) is 41.2 Å². The molecule has 3 amide bonds. The Bertz CT molecular complexity index is 809. The van der Waals surface area contributed by atoms with E-state index >= 15 is 0 Å². The Balaban J connectivity index is 1.73. The summed E-state index contributed by atoms with van der Waals surface area (Å²) in [5.41, 5.74) is 0.638. The number of nitrogens with zero attached hydrogens (tertiary/aromatic N) is 1. The number of amides is 3. The summed E-state index contributed by atoms with van der Waals surface area (Å²) in [5, 5.41) is 11.9. The molecule has 3 unspecified atom stereocenters. The lowest BCUT2D eigenvalue weighted by atomic mass is 9.82. The van der Waals surface area contributed by atoms with Gasteiger partial charge in [-0.15, -0.1) is 0 Å². The van der Waals surface area contributed by atoms with E-state index < -0.39 is 48.0 Å². The van der Waals surface area contributed by atoms with Gasteiger partial charge in [-0.2, -0.15) is 13.2 Å². The first-order valence-electron chi connectivity index (χ1n) is 9.77. The van der Waals surface area contributed by atoms with Crippen LogP contribution in [-0.4, -0.2) is 46.2 Å². The number of hydrogen-bond acceptors (Lipinski definition) is 3. The van der Waals surface area contributed by atoms with E-state index in [1.54, 1.807) is 24.3 Å². The Morgan fingerprint density at radius 3 is 2.30 bits per heavy atom. The maximum absolute atomic E-state index is 13.6. The Morgan fingerprint density at radius 1 is 1.17 bits per heavy atom. The van der Waals surface area contributed by atoms with E-state index in [1.165, 1.54) is 0 Å². The number of likely N-dealkylation sites (tertiary alicyclic amines) is 1. The molecule has 6 nitrogen and oxygen atoms in total. The number of carbonyl (C=O) groups excluding carboxylic acids is 2. The van der Waals surface area contributed by atoms with Gasteiger partial charge in [0.25, 0.3) is 0 Å². The van der Waals surface area contributed by atoms with Crippen molar-refractivity contribution in [2.24, 2.45) is 11.8 Å². The quantitative estimate of drug-likeness (QED) is 0.669. The van der Waals surface area contributed by atoms with E-state index in [2.05, 4.69) is 0 Å². The number of urea groups is 1. The van der Waals surface area contributed by atoms with Crippen molar-refractivity contribution in [1.29, 1.82) is 0 Å². The molecule has 2 fully saturated rings. The summed E-state index contributed by atoms with van der Waals surface area (Å²) in [6.07, 6.45) is -1.89. The number of hydrogen-bond donors (Lipinski definition) is 2. The minimum Gasteiger partial charge on any atom is -0.480 e. The SMILES string of the molecule is O=C(O)C1C(Cc2ccc(Cl)cc2)C(=O)N1C(=O)NC(C1CCCCC1)C(F)(F)F. The third kappa shape index (κ3) is 4.71. The van der Waals surface area contributed by atoms with Crippen LogP contribution < -0.4 is 5.32 Å². The third-order valence-electron chi connectivity index (χ3n) is 5.81. The molecule has 0 aromatic heterocycles. The van der Waals surface area contributed by atoms with Gasteiger partial charge in [-0.1, -0.05) is 43.0 Å². The molecule has 164 valence electrons. The van der Waals surface area contributed by atoms with Crippen molar-refractivity contribution >= 4 is 29.5 Å². The zero-order valence-corrected chi connectivity index (χ0v) is 16.7. The zero-order valence-electron chi connectivity index (χ0n) is 16.0. The smallest absolute Gasteiger partial charge is 0.408 e. The second-order valence-electron chi connectivity index (χ2n) is 7.80. The second kappa shape index (κ2) is 8.83. The summed E-state index contributed by atoms with van der Waals surface area (Å²) in [5.74, 6) is -4.06. The molecule has 1 aliphatic carbocycles. The molecule has 0 radical (unpaired) electrons. The highest BCUT2D eigenvalue weighted by molar-refractivity contribution is 6.30. The Kier molecular flexibility index (Phi) is 6.59. The molecular formula is C20H22ClF3N2O4. The number of halogens is 4. The van der Waals surface area contributed by atoms with Crippen LogP contribution in [0.3, 0.4) is 0 Å². The van der Waals surface area contributed by atoms with Crippen molar-refractivity contribution in [3.05, 3.63) is 34.9 Å². The third-order valence-corrected chi connectivity index (χ3v) is 6.06. The summed E-state index contributed by atoms with van der Waals surface area (Å²) in [7, 11) is 0. The minimum absolute atomic E-state index is 0.0437. The molecule has 30 heavy (non-hydrogen) atoms. The number of aliphatic carboxylic acids is 1. The number of carboxylic acid groups (broad SMARTS) is 1. The number of carbonyl (C=O) groups is 3. The predicted octanol–water partition coefficient (Wildman–Crippen LogP) is 4.01. The van der Waals surface area contributed by atoms with Crippen LogP contribution in [0.25, 0.3) is 0 Å². The second-order valence-corrected chi connectivity index (χ2v) is 8.23. The van der Waals surface area contributed by atoms with Gasteiger partial charge in [0.05, 0.1) is 5.92 Å². The normalized spacial score (nSPS) is 23.6. The van der Waals surface area contributed by atoms with Crippen LogP contribution in [0.15, 0.2) is 24.3 Å². The van der Waals surface area contributed by atoms with Gasteiger partial charge < -0.3 is 10.4 Å². The Hall–Kier alpha value is -2.29. The molecule has 1 aromatic rings. The van der Waals surface area contributed by atoms with Crippen molar-refractivity contribution < 1.29 is 32.7 Å². The van der Waals surface area contributed by atoms with Crippen LogP contribution in [0.4, 0.5) is 18.0 Å². The predicted molar refractivity (Wildman–Crippen MR) is 102 cm³/mol. The minimum atomic E-state index is -4.69. The maximum Gasteiger partial charge on any atom is 0.408 e. The number of benzene rings is 1. The highest BCUT2D eigenvalue weighted by Gasteiger charge is 2.56. The summed E-state index contributed by atoms with van der Waals surface area (Å²) < 4.78 is 40.7. The molecule has 1 aromatic carbocycles. The fourth-order valence-corrected chi connectivity index (χ4v) is 4.39. The van der Waals surface area contributed by atoms with E-state index in [4.69, 9.17) is 11.6 Å². The number of imide groups is 1. The molecule has 1 saturated carbocycles. The molecule has 1 heterocycles. The highest BCUT2D eigenvalue weighted by Crippen LogP contribution is 2.36. The topological polar surface area (TPSA) is 86.7 Å². The van der Waals surface area contributed by atoms with Crippen LogP contribution in [0, 0.1) is 11.8 Å². The van der Waals surface area contributed by atoms with Crippen molar-refractivity contribution in [2.75, 3.05) is 0 Å². The molecule has 0 bridgehead atoms. The van der Waals surface area contributed by atoms with E-state index in [1.807, 2.05) is 5.32 Å². The lowest BCUT2D eigenvalue weighted by molar-refractivity contribution is -0.172. The molecule has 0 spiro atoms. The van der Waals surface area contributed by atoms with E-state index in [9.17, 15) is 32.7 Å². The fraction of sp³-hybridized carbons (Fsp3) is 0.550. The largest absolute Gasteiger partial charge is 0.480 e. The lowest BCUT2D eigenvalue weighted by Gasteiger charge is -2.44. The first-order chi connectivity index (χ1) is 14.1. The van der Waals surface area contributed by atoms with Crippen LogP contribution >= 0.6 is 11.6 Å². The van der Waals surface area contributed by atoms with Crippen LogP contribution in [-0.2, 0) is 16.0 Å². The van der Waals surface area contributed by atoms with Crippen molar-refractivity contribution in [3.8, 4) is 0 Å². The number of carboxylic acids is 1. The first kappa shape index (κ1) is 22.4. The van der Waals surface area contributed by atoms with Gasteiger partial charge in [-0.25, -0.2) is 14.5 Å². The van der Waals surface area contributed by atoms with Gasteiger partial charge in [0, 0.05) is 5.02 Å². The van der Waals surface area contributed by atoms with Gasteiger partial charge >= 0.3 is 18.2 Å². The van der Waals surface area contributed by atoms with Gasteiger partial charge in [0.1, 0.15) is 6.04 Å². The number of alkyl halides is 3. The van der Waals surface area contributed by atoms with Gasteiger partial charge in [0.15, 0.2) is 6.04 Å². The van der Waals surface area contributed by atoms with Crippen LogP contribution in [0.2, 0.25) is 5.02 Å². The lowest BCUT2D eigenvalue weighted by Crippen LogP contribution is -2.70. The summed E-state index contributed by atoms with van der Waals surface area (Å²) in [6.45, 7) is 0. The molecule has 2 N–H and O–H groups in total. The first-order valence-corrected chi connectivity index (χ1v) is 10.1. The molecule has 2 aliphatic rings. The van der Waals surface area contributed by atoms with E-state index in [-0.39, 0.29) is 6.42 Å². The summed E-state index contributed by atoms with van der Waals surface area (Å²) in [4.78, 5) is 37.1. The fourth-order valence-electron chi connectivity index (χ4n) is 4.27. The zero-order chi connectivity index (χ0) is 22.1. The average molecular weight is 447 g/mol. The summed E-state index contributed by atoms with van der Waals surface area (Å²) in [6, 6.07) is 1.47. The van der Waals surface area contributed by atoms with Crippen molar-refractivity contribution in [2.45, 2.75) is 56.8 Å². The molecule has 3 atom stereocenters. The number of nitrogens with one attached hydrogen (secondary N) is 1. The van der Waals surface area contributed by atoms with Gasteiger partial charge in [-0.3, -0.25) is 4.79 Å². The van der Waals surface area contributed by atoms with Crippen molar-refractivity contribution in [3.63, 3.8) is 0 Å². The van der Waals surface area contributed by atoms with Crippen LogP contribution in [0.1, 0.15) is 37.7 Å². The molecule has 1 saturated heterocycles. The molecule has 3 rings (SSSR count). The number of β-lactam (4-membered cyclic amide) rings is 1. The Labute approximate surface area is 176 Å². The molecule has 10 heteroatoms. The van der Waals surface area contributed by atoms with Crippen LogP contribution in [0.5, 0.6) is 0 Å². The van der Waals surface area contributed by atoms with Gasteiger partial charge in [0.2, 0.25) is 5.91 Å². The Morgan fingerprint density at radius 2 is 1.77 bits per heavy atom. The maximum atomic E-state index is 13.6. The highest BCUT2D eigenvalue weighted by atomic mass is 35.5. The average Bonchev–Trinajstić information content (AvgIpc) is 2.68. The molecular weight excluding hydrogens is 425 g/mol. The monoisotopic (exact) mass is 446 g/mol. The van der Waals surface area contributed by atoms with E-state index in [0.717, 1.165) is 6.42 Å². The standard InChI is InChI=1S/C20H22ClF3N2O4/c21-13-8-6-11(7-9-13)10-14-15(18(28)29)26(17(14)27)19(30)25-16(20(22,23)24)12-4-2-1-3-5-12/h6-9,12,14-16H,1-5,10H2,(H,25,30)(H,28,29).